The Kier molecular flexibility index (Phi) is 5.07. The molecular weight excluding hydrogens is 294 g/mol. The summed E-state index contributed by atoms with van der Waals surface area (Å²) in [5, 5.41) is 14.1. The van der Waals surface area contributed by atoms with Crippen LogP contribution in [0.1, 0.15) is 56.8 Å². The molecule has 1 unspecified atom stereocenters. The van der Waals surface area contributed by atoms with E-state index in [2.05, 4.69) is 86.8 Å². The largest absolute Gasteiger partial charge is 0.389 e. The third-order valence-electron chi connectivity index (χ3n) is 6.09. The van der Waals surface area contributed by atoms with Crippen molar-refractivity contribution < 1.29 is 10.4 Å². The van der Waals surface area contributed by atoms with Gasteiger partial charge in [-0.25, -0.2) is 0 Å². The third kappa shape index (κ3) is 3.01. The van der Waals surface area contributed by atoms with Gasteiger partial charge in [0.1, 0.15) is 12.1 Å². The van der Waals surface area contributed by atoms with E-state index in [9.17, 15) is 5.11 Å². The van der Waals surface area contributed by atoms with E-state index in [-0.39, 0.29) is 23.9 Å². The summed E-state index contributed by atoms with van der Waals surface area (Å²) in [4.78, 5) is 0. The van der Waals surface area contributed by atoms with Crippen molar-refractivity contribution in [3.05, 3.63) is 71.8 Å². The number of nitrogens with two attached hydrogens (primary N) is 1. The maximum absolute atomic E-state index is 11.7. The van der Waals surface area contributed by atoms with Gasteiger partial charge in [0.05, 0.1) is 5.60 Å². The van der Waals surface area contributed by atoms with E-state index in [1.807, 2.05) is 0 Å². The minimum Gasteiger partial charge on any atom is -0.389 e. The van der Waals surface area contributed by atoms with E-state index in [0.29, 0.717) is 0 Å². The minimum atomic E-state index is -0.634. The molecule has 0 saturated carbocycles. The Balaban J connectivity index is 2.02. The second-order valence-corrected chi connectivity index (χ2v) is 7.38. The first-order chi connectivity index (χ1) is 11.6. The molecule has 1 aliphatic rings. The molecule has 0 aromatic heterocycles. The molecule has 3 rings (SSSR count). The van der Waals surface area contributed by atoms with Crippen molar-refractivity contribution in [2.45, 2.75) is 51.3 Å². The second kappa shape index (κ2) is 7.08. The number of hydrogen-bond donors (Lipinski definition) is 2. The monoisotopic (exact) mass is 324 g/mol. The van der Waals surface area contributed by atoms with Gasteiger partial charge in [-0.2, -0.15) is 0 Å². The van der Waals surface area contributed by atoms with E-state index in [1.54, 1.807) is 0 Å². The number of rotatable bonds is 4. The maximum Gasteiger partial charge on any atom is 0.117 e. The lowest BCUT2D eigenvalue weighted by atomic mass is 9.64. The van der Waals surface area contributed by atoms with E-state index >= 15 is 0 Å². The Morgan fingerprint density at radius 2 is 1.25 bits per heavy atom. The minimum absolute atomic E-state index is 0.217. The Morgan fingerprint density at radius 1 is 0.833 bits per heavy atom. The molecule has 1 saturated heterocycles. The van der Waals surface area contributed by atoms with Gasteiger partial charge < -0.3 is 10.4 Å². The fourth-order valence-corrected chi connectivity index (χ4v) is 4.60. The fraction of sp³-hybridized carbons (Fsp3) is 0.455. The van der Waals surface area contributed by atoms with Crippen molar-refractivity contribution in [1.82, 2.24) is 0 Å². The van der Waals surface area contributed by atoms with Crippen LogP contribution < -0.4 is 5.32 Å². The molecule has 0 aliphatic carbocycles. The summed E-state index contributed by atoms with van der Waals surface area (Å²) in [6.07, 6.45) is 1.87. The van der Waals surface area contributed by atoms with E-state index < -0.39 is 5.60 Å². The summed E-state index contributed by atoms with van der Waals surface area (Å²) in [6, 6.07) is 21.9. The van der Waals surface area contributed by atoms with Crippen LogP contribution in [-0.4, -0.2) is 10.7 Å². The molecule has 2 heteroatoms. The molecule has 0 spiro atoms. The van der Waals surface area contributed by atoms with Gasteiger partial charge in [0.15, 0.2) is 0 Å². The summed E-state index contributed by atoms with van der Waals surface area (Å²) >= 11 is 0. The topological polar surface area (TPSA) is 36.8 Å². The van der Waals surface area contributed by atoms with Crippen LogP contribution in [0.15, 0.2) is 60.7 Å². The van der Waals surface area contributed by atoms with Crippen molar-refractivity contribution in [3.8, 4) is 0 Å². The second-order valence-electron chi connectivity index (χ2n) is 7.38. The van der Waals surface area contributed by atoms with Crippen LogP contribution >= 0.6 is 0 Å². The zero-order valence-corrected chi connectivity index (χ0v) is 15.0. The SMILES string of the molecule is CCCC1(O)[C@H](C)[C@@H](c2ccccc2)[NH2+][C@@H](c2ccccc2)[C@@H]1C. The highest BCUT2D eigenvalue weighted by Gasteiger charge is 2.53. The first-order valence-corrected chi connectivity index (χ1v) is 9.25. The summed E-state index contributed by atoms with van der Waals surface area (Å²) in [7, 11) is 0. The Morgan fingerprint density at radius 3 is 1.62 bits per heavy atom. The molecule has 2 aromatic rings. The Labute approximate surface area is 145 Å². The van der Waals surface area contributed by atoms with Gasteiger partial charge in [-0.1, -0.05) is 87.9 Å². The molecule has 0 radical (unpaired) electrons. The number of quaternary nitrogens is 1. The number of piperidine rings is 1. The normalized spacial score (nSPS) is 33.3. The van der Waals surface area contributed by atoms with Gasteiger partial charge in [0.25, 0.3) is 0 Å². The van der Waals surface area contributed by atoms with Crippen LogP contribution in [0.2, 0.25) is 0 Å². The standard InChI is InChI=1S/C22H29NO/c1-4-15-22(24)16(2)20(18-11-7-5-8-12-18)23-21(17(22)3)19-13-9-6-10-14-19/h5-14,16-17,20-21,23-24H,4,15H2,1-3H3/p+1/t16-,17+,20+,21-,22?. The molecule has 1 fully saturated rings. The molecule has 0 bridgehead atoms. The zero-order chi connectivity index (χ0) is 17.2. The van der Waals surface area contributed by atoms with Crippen LogP contribution in [0.3, 0.4) is 0 Å². The first-order valence-electron chi connectivity index (χ1n) is 9.25. The van der Waals surface area contributed by atoms with Gasteiger partial charge in [-0.3, -0.25) is 0 Å². The van der Waals surface area contributed by atoms with Crippen molar-refractivity contribution in [1.29, 1.82) is 0 Å². The molecule has 2 aromatic carbocycles. The highest BCUT2D eigenvalue weighted by molar-refractivity contribution is 5.23. The Hall–Kier alpha value is -1.64. The summed E-state index contributed by atoms with van der Waals surface area (Å²) < 4.78 is 0. The van der Waals surface area contributed by atoms with Crippen LogP contribution in [0.25, 0.3) is 0 Å². The van der Waals surface area contributed by atoms with Gasteiger partial charge in [-0.15, -0.1) is 0 Å². The molecule has 3 N–H and O–H groups in total. The zero-order valence-electron chi connectivity index (χ0n) is 15.0. The molecule has 128 valence electrons. The Bertz CT molecular complexity index is 588. The van der Waals surface area contributed by atoms with E-state index in [0.717, 1.165) is 12.8 Å². The first kappa shape index (κ1) is 17.2. The van der Waals surface area contributed by atoms with Gasteiger partial charge in [0, 0.05) is 23.0 Å². The lowest BCUT2D eigenvalue weighted by molar-refractivity contribution is -0.764. The average molecular weight is 324 g/mol. The van der Waals surface area contributed by atoms with Gasteiger partial charge in [0.2, 0.25) is 0 Å². The quantitative estimate of drug-likeness (QED) is 0.880. The molecule has 0 amide bonds. The predicted octanol–water partition coefficient (Wildman–Crippen LogP) is 3.85. The number of benzene rings is 2. The van der Waals surface area contributed by atoms with Crippen molar-refractivity contribution >= 4 is 0 Å². The molecule has 24 heavy (non-hydrogen) atoms. The highest BCUT2D eigenvalue weighted by atomic mass is 16.3. The summed E-state index contributed by atoms with van der Waals surface area (Å²) in [5.41, 5.74) is 1.99. The number of aliphatic hydroxyl groups is 1. The lowest BCUT2D eigenvalue weighted by Gasteiger charge is -2.49. The molecule has 1 aliphatic heterocycles. The lowest BCUT2D eigenvalue weighted by Crippen LogP contribution is -2.93. The van der Waals surface area contributed by atoms with Crippen molar-refractivity contribution in [2.75, 3.05) is 0 Å². The molecule has 1 heterocycles. The van der Waals surface area contributed by atoms with Crippen LogP contribution in [-0.2, 0) is 0 Å². The molecular formula is C22H30NO+. The maximum atomic E-state index is 11.7. The smallest absolute Gasteiger partial charge is 0.117 e. The number of hydrogen-bond acceptors (Lipinski definition) is 1. The van der Waals surface area contributed by atoms with E-state index in [1.165, 1.54) is 11.1 Å². The van der Waals surface area contributed by atoms with E-state index in [4.69, 9.17) is 0 Å². The van der Waals surface area contributed by atoms with Crippen LogP contribution in [0.5, 0.6) is 0 Å². The van der Waals surface area contributed by atoms with Gasteiger partial charge in [-0.05, 0) is 6.42 Å². The molecule has 2 nitrogen and oxygen atoms in total. The molecule has 5 atom stereocenters. The van der Waals surface area contributed by atoms with Crippen molar-refractivity contribution in [3.63, 3.8) is 0 Å². The predicted molar refractivity (Wildman–Crippen MR) is 98.5 cm³/mol. The summed E-state index contributed by atoms with van der Waals surface area (Å²) in [6.45, 7) is 6.62. The van der Waals surface area contributed by atoms with Crippen LogP contribution in [0.4, 0.5) is 0 Å². The van der Waals surface area contributed by atoms with Crippen molar-refractivity contribution in [2.24, 2.45) is 11.8 Å². The van der Waals surface area contributed by atoms with Gasteiger partial charge >= 0.3 is 0 Å². The summed E-state index contributed by atoms with van der Waals surface area (Å²) in [5.74, 6) is 0.435. The highest BCUT2D eigenvalue weighted by Crippen LogP contribution is 2.44. The fourth-order valence-electron chi connectivity index (χ4n) is 4.60. The average Bonchev–Trinajstić information content (AvgIpc) is 2.62. The third-order valence-corrected chi connectivity index (χ3v) is 6.09. The van der Waals surface area contributed by atoms with Crippen LogP contribution in [0, 0.1) is 11.8 Å².